The zero-order valence-electron chi connectivity index (χ0n) is 17.7. The summed E-state index contributed by atoms with van der Waals surface area (Å²) in [5.74, 6) is -0.439. The minimum Gasteiger partial charge on any atom is -0.464 e. The number of carbonyl (C=O) groups excluding carboxylic acids is 2. The van der Waals surface area contributed by atoms with Gasteiger partial charge in [0, 0.05) is 22.3 Å². The van der Waals surface area contributed by atoms with Gasteiger partial charge in [0.15, 0.2) is 5.78 Å². The Morgan fingerprint density at radius 3 is 2.50 bits per heavy atom. The molecule has 1 N–H and O–H groups in total. The van der Waals surface area contributed by atoms with E-state index >= 15 is 0 Å². The molecule has 0 bridgehead atoms. The van der Waals surface area contributed by atoms with Gasteiger partial charge in [-0.3, -0.25) is 9.59 Å². The summed E-state index contributed by atoms with van der Waals surface area (Å²) in [5, 5.41) is 10.0. The fourth-order valence-electron chi connectivity index (χ4n) is 3.67. The van der Waals surface area contributed by atoms with Crippen molar-refractivity contribution in [1.29, 1.82) is 0 Å². The number of carboxylic acid groups (broad SMARTS) is 1. The first-order valence-electron chi connectivity index (χ1n) is 9.83. The first kappa shape index (κ1) is 23.8. The summed E-state index contributed by atoms with van der Waals surface area (Å²) in [6.45, 7) is 4.86. The minimum absolute atomic E-state index is 0.00752. The zero-order valence-corrected chi connectivity index (χ0v) is 19.2. The van der Waals surface area contributed by atoms with E-state index in [1.165, 1.54) is 28.8 Å². The van der Waals surface area contributed by atoms with Crippen molar-refractivity contribution >= 4 is 46.9 Å². The smallest absolute Gasteiger partial charge is 0.424 e. The van der Waals surface area contributed by atoms with Crippen LogP contribution >= 0.6 is 23.2 Å². The van der Waals surface area contributed by atoms with Gasteiger partial charge in [0.2, 0.25) is 0 Å². The SMILES string of the molecule is CC(C)(C)OC(=O)N(C(=O)O)c1ccc(Cl)cc1-c1cc2n(c(=O)c1)C(C(=O)CCl)CC2. The molecular weight excluding hydrogens is 459 g/mol. The molecule has 0 radical (unpaired) electrons. The molecule has 32 heavy (non-hydrogen) atoms. The number of carbonyl (C=O) groups is 3. The number of ketones is 1. The van der Waals surface area contributed by atoms with Crippen LogP contribution in [0.4, 0.5) is 15.3 Å². The number of aromatic nitrogens is 1. The molecule has 1 aromatic heterocycles. The number of nitrogens with zero attached hydrogens (tertiary/aromatic N) is 2. The van der Waals surface area contributed by atoms with Gasteiger partial charge in [-0.25, -0.2) is 9.59 Å². The number of imide groups is 1. The Morgan fingerprint density at radius 1 is 1.22 bits per heavy atom. The van der Waals surface area contributed by atoms with Crippen LogP contribution in [-0.4, -0.2) is 39.1 Å². The second-order valence-electron chi connectivity index (χ2n) is 8.36. The zero-order chi connectivity index (χ0) is 23.8. The lowest BCUT2D eigenvalue weighted by atomic mass is 10.0. The van der Waals surface area contributed by atoms with E-state index in [9.17, 15) is 24.3 Å². The molecule has 2 aromatic rings. The number of halogens is 2. The maximum atomic E-state index is 12.9. The Hall–Kier alpha value is -2.84. The predicted molar refractivity (Wildman–Crippen MR) is 121 cm³/mol. The summed E-state index contributed by atoms with van der Waals surface area (Å²) >= 11 is 11.8. The van der Waals surface area contributed by atoms with Gasteiger partial charge in [0.1, 0.15) is 5.60 Å². The fourth-order valence-corrected chi connectivity index (χ4v) is 4.02. The fraction of sp³-hybridized carbons (Fsp3) is 0.364. The van der Waals surface area contributed by atoms with Crippen LogP contribution in [0.25, 0.3) is 11.1 Å². The van der Waals surface area contributed by atoms with E-state index < -0.39 is 29.4 Å². The van der Waals surface area contributed by atoms with Crippen LogP contribution in [0.5, 0.6) is 0 Å². The van der Waals surface area contributed by atoms with Crippen molar-refractivity contribution in [2.75, 3.05) is 10.8 Å². The highest BCUT2D eigenvalue weighted by atomic mass is 35.5. The van der Waals surface area contributed by atoms with Gasteiger partial charge in [0.25, 0.3) is 5.56 Å². The Balaban J connectivity index is 2.14. The van der Waals surface area contributed by atoms with Gasteiger partial charge in [-0.15, -0.1) is 11.6 Å². The largest absolute Gasteiger partial charge is 0.464 e. The molecule has 1 aliphatic heterocycles. The van der Waals surface area contributed by atoms with Crippen LogP contribution in [0.2, 0.25) is 5.02 Å². The van der Waals surface area contributed by atoms with Crippen molar-refractivity contribution in [3.05, 3.63) is 51.4 Å². The number of hydrogen-bond donors (Lipinski definition) is 1. The van der Waals surface area contributed by atoms with E-state index in [-0.39, 0.29) is 27.9 Å². The molecule has 1 aromatic carbocycles. The monoisotopic (exact) mass is 480 g/mol. The molecule has 0 fully saturated rings. The van der Waals surface area contributed by atoms with Crippen LogP contribution in [0.1, 0.15) is 38.9 Å². The average Bonchev–Trinajstić information content (AvgIpc) is 3.11. The van der Waals surface area contributed by atoms with Gasteiger partial charge >= 0.3 is 12.2 Å². The summed E-state index contributed by atoms with van der Waals surface area (Å²) < 4.78 is 6.65. The number of rotatable bonds is 4. The lowest BCUT2D eigenvalue weighted by molar-refractivity contribution is -0.119. The lowest BCUT2D eigenvalue weighted by Gasteiger charge is -2.26. The van der Waals surface area contributed by atoms with Crippen LogP contribution in [0, 0.1) is 0 Å². The van der Waals surface area contributed by atoms with E-state index in [4.69, 9.17) is 27.9 Å². The lowest BCUT2D eigenvalue weighted by Crippen LogP contribution is -2.40. The molecule has 8 nitrogen and oxygen atoms in total. The Morgan fingerprint density at radius 2 is 1.91 bits per heavy atom. The Labute approximate surface area is 194 Å². The quantitative estimate of drug-likeness (QED) is 0.624. The molecule has 0 aliphatic carbocycles. The number of fused-ring (bicyclic) bond motifs is 1. The second-order valence-corrected chi connectivity index (χ2v) is 9.06. The van der Waals surface area contributed by atoms with Crippen molar-refractivity contribution < 1.29 is 24.2 Å². The van der Waals surface area contributed by atoms with E-state index in [1.807, 2.05) is 0 Å². The third-order valence-corrected chi connectivity index (χ3v) is 5.41. The third kappa shape index (κ3) is 4.81. The Bertz CT molecular complexity index is 1150. The molecule has 1 aliphatic rings. The maximum Gasteiger partial charge on any atom is 0.424 e. The second kappa shape index (κ2) is 8.96. The van der Waals surface area contributed by atoms with Crippen molar-refractivity contribution in [3.63, 3.8) is 0 Å². The van der Waals surface area contributed by atoms with Crippen LogP contribution in [0.3, 0.4) is 0 Å². The highest BCUT2D eigenvalue weighted by Gasteiger charge is 2.32. The van der Waals surface area contributed by atoms with Crippen molar-refractivity contribution in [3.8, 4) is 11.1 Å². The number of Topliss-reactive ketones (excluding diaryl/α,β-unsaturated/α-hetero) is 1. The number of ether oxygens (including phenoxy) is 1. The van der Waals surface area contributed by atoms with Crippen LogP contribution in [-0.2, 0) is 16.0 Å². The number of aryl methyl sites for hydroxylation is 1. The first-order chi connectivity index (χ1) is 14.9. The normalized spacial score (nSPS) is 15.2. The number of pyridine rings is 1. The summed E-state index contributed by atoms with van der Waals surface area (Å²) in [6, 6.07) is 6.64. The third-order valence-electron chi connectivity index (χ3n) is 4.91. The number of anilines is 1. The molecule has 2 heterocycles. The summed E-state index contributed by atoms with van der Waals surface area (Å²) in [7, 11) is 0. The minimum atomic E-state index is -1.55. The van der Waals surface area contributed by atoms with Gasteiger partial charge in [-0.05, 0) is 63.4 Å². The van der Waals surface area contributed by atoms with Gasteiger partial charge in [-0.2, -0.15) is 4.90 Å². The van der Waals surface area contributed by atoms with Gasteiger partial charge in [0.05, 0.1) is 17.6 Å². The molecule has 1 atom stereocenters. The van der Waals surface area contributed by atoms with Gasteiger partial charge < -0.3 is 14.4 Å². The van der Waals surface area contributed by atoms with Crippen molar-refractivity contribution in [1.82, 2.24) is 4.57 Å². The average molecular weight is 481 g/mol. The molecule has 0 saturated carbocycles. The summed E-state index contributed by atoms with van der Waals surface area (Å²) in [4.78, 5) is 50.1. The van der Waals surface area contributed by atoms with Crippen molar-refractivity contribution in [2.24, 2.45) is 0 Å². The molecule has 0 spiro atoms. The predicted octanol–water partition coefficient (Wildman–Crippen LogP) is 4.88. The number of hydrogen-bond acceptors (Lipinski definition) is 5. The van der Waals surface area contributed by atoms with Gasteiger partial charge in [-0.1, -0.05) is 11.6 Å². The Kier molecular flexibility index (Phi) is 6.67. The molecule has 170 valence electrons. The van der Waals surface area contributed by atoms with E-state index in [1.54, 1.807) is 26.8 Å². The molecule has 10 heteroatoms. The topological polar surface area (TPSA) is 106 Å². The first-order valence-corrected chi connectivity index (χ1v) is 10.7. The van der Waals surface area contributed by atoms with E-state index in [0.29, 0.717) is 29.0 Å². The highest BCUT2D eigenvalue weighted by molar-refractivity contribution is 6.31. The highest BCUT2D eigenvalue weighted by Crippen LogP contribution is 2.36. The van der Waals surface area contributed by atoms with Crippen LogP contribution in [0.15, 0.2) is 35.1 Å². The summed E-state index contributed by atoms with van der Waals surface area (Å²) in [5.41, 5.74) is -0.115. The molecule has 3 rings (SSSR count). The van der Waals surface area contributed by atoms with Crippen LogP contribution < -0.4 is 10.5 Å². The molecule has 2 amide bonds. The maximum absolute atomic E-state index is 12.9. The number of amides is 2. The van der Waals surface area contributed by atoms with E-state index in [0.717, 1.165) is 0 Å². The molecule has 1 unspecified atom stereocenters. The van der Waals surface area contributed by atoms with E-state index in [2.05, 4.69) is 0 Å². The van der Waals surface area contributed by atoms with Crippen molar-refractivity contribution in [2.45, 2.75) is 45.3 Å². The standard InChI is InChI=1S/C22H22Cl2N2O6/c1-22(2,3)32-21(31)26(20(29)30)16-6-4-13(24)10-15(16)12-8-14-5-7-17(18(27)11-23)25(14)19(28)9-12/h4,6,8-10,17H,5,7,11H2,1-3H3,(H,29,30). The molecular formula is C22H22Cl2N2O6. The number of alkyl halides is 1. The molecule has 0 saturated heterocycles. The number of benzene rings is 1. The summed E-state index contributed by atoms with van der Waals surface area (Å²) in [6.07, 6.45) is -1.71.